The third-order valence-electron chi connectivity index (χ3n) is 2.58. The maximum atomic E-state index is 5.54. The van der Waals surface area contributed by atoms with Crippen LogP contribution in [0.5, 0.6) is 0 Å². The fraction of sp³-hybridized carbons (Fsp3) is 0.727. The summed E-state index contributed by atoms with van der Waals surface area (Å²) in [5.74, 6) is 0.991. The van der Waals surface area contributed by atoms with Gasteiger partial charge in [0.25, 0.3) is 0 Å². The summed E-state index contributed by atoms with van der Waals surface area (Å²) in [4.78, 5) is 0. The van der Waals surface area contributed by atoms with Crippen LogP contribution in [0.2, 0.25) is 0 Å². The van der Waals surface area contributed by atoms with Gasteiger partial charge in [0.1, 0.15) is 0 Å². The van der Waals surface area contributed by atoms with Crippen LogP contribution >= 0.6 is 27.7 Å². The summed E-state index contributed by atoms with van der Waals surface area (Å²) in [7, 11) is 2.01. The van der Waals surface area contributed by atoms with Crippen LogP contribution in [0, 0.1) is 0 Å². The average molecular weight is 306 g/mol. The molecule has 0 spiro atoms. The molecule has 0 saturated heterocycles. The number of aryl methyl sites for hydroxylation is 2. The molecule has 1 rings (SSSR count). The largest absolute Gasteiger partial charge is 0.330 e. The van der Waals surface area contributed by atoms with Crippen LogP contribution in [0.1, 0.15) is 31.7 Å². The molecule has 16 heavy (non-hydrogen) atoms. The monoisotopic (exact) mass is 305 g/mol. The quantitative estimate of drug-likeness (QED) is 0.879. The first-order chi connectivity index (χ1) is 7.60. The van der Waals surface area contributed by atoms with Crippen LogP contribution in [0.15, 0.2) is 4.47 Å². The van der Waals surface area contributed by atoms with Gasteiger partial charge in [-0.1, -0.05) is 13.8 Å². The van der Waals surface area contributed by atoms with Crippen molar-refractivity contribution in [1.82, 2.24) is 9.78 Å². The van der Waals surface area contributed by atoms with Gasteiger partial charge in [-0.05, 0) is 35.3 Å². The predicted octanol–water partition coefficient (Wildman–Crippen LogP) is 2.72. The van der Waals surface area contributed by atoms with E-state index in [2.05, 4.69) is 34.9 Å². The van der Waals surface area contributed by atoms with Crippen molar-refractivity contribution in [3.63, 3.8) is 0 Å². The first kappa shape index (κ1) is 14.1. The summed E-state index contributed by atoms with van der Waals surface area (Å²) < 4.78 is 3.15. The van der Waals surface area contributed by atoms with Crippen molar-refractivity contribution in [3.8, 4) is 0 Å². The van der Waals surface area contributed by atoms with E-state index >= 15 is 0 Å². The number of rotatable bonds is 6. The lowest BCUT2D eigenvalue weighted by Crippen LogP contribution is -2.08. The summed E-state index contributed by atoms with van der Waals surface area (Å²) in [5, 5.41) is 5.09. The molecule has 0 aliphatic carbocycles. The van der Waals surface area contributed by atoms with E-state index < -0.39 is 0 Å². The SMILES string of the molecule is CCc1nn(C)c(CSC(C)CCN)c1Br. The second kappa shape index (κ2) is 6.67. The Bertz CT molecular complexity index is 338. The molecule has 1 unspecified atom stereocenters. The van der Waals surface area contributed by atoms with Crippen molar-refractivity contribution < 1.29 is 0 Å². The van der Waals surface area contributed by atoms with Gasteiger partial charge in [-0.3, -0.25) is 4.68 Å². The zero-order valence-corrected chi connectivity index (χ0v) is 12.6. The Morgan fingerprint density at radius 3 is 2.75 bits per heavy atom. The molecule has 2 N–H and O–H groups in total. The fourth-order valence-corrected chi connectivity index (χ4v) is 3.53. The minimum atomic E-state index is 0.608. The van der Waals surface area contributed by atoms with Crippen LogP contribution < -0.4 is 5.73 Å². The first-order valence-corrected chi connectivity index (χ1v) is 7.46. The summed E-state index contributed by atoms with van der Waals surface area (Å²) in [6.45, 7) is 5.12. The molecule has 0 fully saturated rings. The summed E-state index contributed by atoms with van der Waals surface area (Å²) in [6, 6.07) is 0. The van der Waals surface area contributed by atoms with Crippen molar-refractivity contribution in [2.24, 2.45) is 12.8 Å². The number of nitrogens with two attached hydrogens (primary N) is 1. The Morgan fingerprint density at radius 2 is 2.25 bits per heavy atom. The summed E-state index contributed by atoms with van der Waals surface area (Å²) >= 11 is 5.57. The van der Waals surface area contributed by atoms with E-state index in [1.54, 1.807) is 0 Å². The molecule has 3 nitrogen and oxygen atoms in total. The van der Waals surface area contributed by atoms with Crippen molar-refractivity contribution in [1.29, 1.82) is 0 Å². The molecule has 1 heterocycles. The lowest BCUT2D eigenvalue weighted by molar-refractivity contribution is 0.718. The first-order valence-electron chi connectivity index (χ1n) is 5.62. The second-order valence-electron chi connectivity index (χ2n) is 3.88. The Hall–Kier alpha value is -0.0000000000000000555. The van der Waals surface area contributed by atoms with E-state index in [1.165, 1.54) is 10.2 Å². The van der Waals surface area contributed by atoms with Gasteiger partial charge in [-0.25, -0.2) is 0 Å². The van der Waals surface area contributed by atoms with Crippen molar-refractivity contribution in [2.45, 2.75) is 37.7 Å². The van der Waals surface area contributed by atoms with Gasteiger partial charge in [0, 0.05) is 18.1 Å². The summed E-state index contributed by atoms with van der Waals surface area (Å²) in [5.41, 5.74) is 7.96. The van der Waals surface area contributed by atoms with Gasteiger partial charge >= 0.3 is 0 Å². The predicted molar refractivity (Wildman–Crippen MR) is 74.7 cm³/mol. The number of hydrogen-bond donors (Lipinski definition) is 1. The molecule has 1 aromatic rings. The highest BCUT2D eigenvalue weighted by atomic mass is 79.9. The van der Waals surface area contributed by atoms with Gasteiger partial charge in [0.15, 0.2) is 0 Å². The standard InChI is InChI=1S/C11H20BrN3S/c1-4-9-11(12)10(15(3)14-9)7-16-8(2)5-6-13/h8H,4-7,13H2,1-3H3. The highest BCUT2D eigenvalue weighted by molar-refractivity contribution is 9.10. The van der Waals surface area contributed by atoms with Crippen LogP contribution in [0.25, 0.3) is 0 Å². The molecule has 0 aliphatic rings. The van der Waals surface area contributed by atoms with E-state index in [9.17, 15) is 0 Å². The zero-order valence-electron chi connectivity index (χ0n) is 10.2. The van der Waals surface area contributed by atoms with Crippen LogP contribution in [-0.2, 0) is 19.2 Å². The second-order valence-corrected chi connectivity index (χ2v) is 6.10. The van der Waals surface area contributed by atoms with Crippen LogP contribution in [-0.4, -0.2) is 21.6 Å². The molecule has 1 aromatic heterocycles. The van der Waals surface area contributed by atoms with Crippen molar-refractivity contribution in [3.05, 3.63) is 15.9 Å². The molecule has 92 valence electrons. The molecule has 0 amide bonds. The average Bonchev–Trinajstić information content (AvgIpc) is 2.52. The fourth-order valence-electron chi connectivity index (χ4n) is 1.52. The van der Waals surface area contributed by atoms with E-state index in [4.69, 9.17) is 5.73 Å². The maximum Gasteiger partial charge on any atom is 0.0767 e. The summed E-state index contributed by atoms with van der Waals surface area (Å²) in [6.07, 6.45) is 2.04. The van der Waals surface area contributed by atoms with E-state index in [0.29, 0.717) is 5.25 Å². The topological polar surface area (TPSA) is 43.8 Å². The Labute approximate surface area is 110 Å². The number of halogens is 1. The lowest BCUT2D eigenvalue weighted by Gasteiger charge is -2.09. The zero-order chi connectivity index (χ0) is 12.1. The van der Waals surface area contributed by atoms with E-state index in [-0.39, 0.29) is 0 Å². The molecule has 0 saturated carbocycles. The Morgan fingerprint density at radius 1 is 1.56 bits per heavy atom. The van der Waals surface area contributed by atoms with Gasteiger partial charge in [-0.15, -0.1) is 0 Å². The van der Waals surface area contributed by atoms with Gasteiger partial charge < -0.3 is 5.73 Å². The number of nitrogens with zero attached hydrogens (tertiary/aromatic N) is 2. The molecule has 1 atom stereocenters. The number of thioether (sulfide) groups is 1. The molecule has 0 radical (unpaired) electrons. The van der Waals surface area contributed by atoms with E-state index in [0.717, 1.165) is 30.8 Å². The Balaban J connectivity index is 2.63. The molecular formula is C11H20BrN3S. The maximum absolute atomic E-state index is 5.54. The van der Waals surface area contributed by atoms with Crippen LogP contribution in [0.4, 0.5) is 0 Å². The minimum Gasteiger partial charge on any atom is -0.330 e. The van der Waals surface area contributed by atoms with Gasteiger partial charge in [0.05, 0.1) is 15.9 Å². The molecule has 0 aromatic carbocycles. The molecule has 5 heteroatoms. The van der Waals surface area contributed by atoms with E-state index in [1.807, 2.05) is 23.5 Å². The van der Waals surface area contributed by atoms with Gasteiger partial charge in [0.2, 0.25) is 0 Å². The lowest BCUT2D eigenvalue weighted by atomic mass is 10.3. The van der Waals surface area contributed by atoms with Gasteiger partial charge in [-0.2, -0.15) is 16.9 Å². The third-order valence-corrected chi connectivity index (χ3v) is 4.74. The molecule has 0 bridgehead atoms. The highest BCUT2D eigenvalue weighted by Gasteiger charge is 2.13. The van der Waals surface area contributed by atoms with Crippen LogP contribution in [0.3, 0.4) is 0 Å². The molecule has 0 aliphatic heterocycles. The number of hydrogen-bond acceptors (Lipinski definition) is 3. The Kier molecular flexibility index (Phi) is 5.86. The third kappa shape index (κ3) is 3.50. The molecular weight excluding hydrogens is 286 g/mol. The number of aromatic nitrogens is 2. The van der Waals surface area contributed by atoms with Crippen molar-refractivity contribution in [2.75, 3.05) is 6.54 Å². The normalized spacial score (nSPS) is 13.1. The highest BCUT2D eigenvalue weighted by Crippen LogP contribution is 2.27. The minimum absolute atomic E-state index is 0.608. The van der Waals surface area contributed by atoms with Crippen molar-refractivity contribution >= 4 is 27.7 Å². The smallest absolute Gasteiger partial charge is 0.0767 e.